The smallest absolute Gasteiger partial charge is 0.0200 e. The Kier molecular flexibility index (Phi) is 1.82. The molecule has 1 saturated carbocycles. The summed E-state index contributed by atoms with van der Waals surface area (Å²) in [7, 11) is 0. The minimum absolute atomic E-state index is 0.522. The van der Waals surface area contributed by atoms with Gasteiger partial charge in [0, 0.05) is 0 Å². The highest BCUT2D eigenvalue weighted by Crippen LogP contribution is 2.47. The molecular formula is C12H20. The highest BCUT2D eigenvalue weighted by molar-refractivity contribution is 5.07. The highest BCUT2D eigenvalue weighted by atomic mass is 14.4. The molecule has 68 valence electrons. The summed E-state index contributed by atoms with van der Waals surface area (Å²) in [4.78, 5) is 0. The average Bonchev–Trinajstić information content (AvgIpc) is 2.05. The summed E-state index contributed by atoms with van der Waals surface area (Å²) in [6, 6.07) is 0. The lowest BCUT2D eigenvalue weighted by Crippen LogP contribution is -2.35. The monoisotopic (exact) mass is 164 g/mol. The fourth-order valence-electron chi connectivity index (χ4n) is 2.93. The zero-order chi connectivity index (χ0) is 8.77. The maximum Gasteiger partial charge on any atom is -0.0200 e. The third-order valence-electron chi connectivity index (χ3n) is 3.69. The fraction of sp³-hybridized carbons (Fsp3) is 0.833. The van der Waals surface area contributed by atoms with Crippen LogP contribution < -0.4 is 0 Å². The molecular weight excluding hydrogens is 144 g/mol. The highest BCUT2D eigenvalue weighted by Gasteiger charge is 2.38. The van der Waals surface area contributed by atoms with Gasteiger partial charge in [0.2, 0.25) is 0 Å². The van der Waals surface area contributed by atoms with Crippen LogP contribution in [0.25, 0.3) is 0 Å². The minimum atomic E-state index is 0.522. The van der Waals surface area contributed by atoms with Crippen LogP contribution in [0.5, 0.6) is 0 Å². The lowest BCUT2D eigenvalue weighted by molar-refractivity contribution is 0.102. The molecule has 0 aromatic heterocycles. The Morgan fingerprint density at radius 2 is 1.83 bits per heavy atom. The van der Waals surface area contributed by atoms with E-state index in [1.54, 1.807) is 0 Å². The topological polar surface area (TPSA) is 0 Å². The summed E-state index contributed by atoms with van der Waals surface area (Å²) in [6.07, 6.45) is 9.28. The number of allylic oxidation sites excluding steroid dienone is 2. The molecule has 3 unspecified atom stereocenters. The molecule has 0 aliphatic heterocycles. The molecule has 3 rings (SSSR count). The minimum Gasteiger partial charge on any atom is -0.0851 e. The van der Waals surface area contributed by atoms with Gasteiger partial charge in [0.1, 0.15) is 0 Å². The van der Waals surface area contributed by atoms with E-state index in [9.17, 15) is 0 Å². The average molecular weight is 164 g/mol. The van der Waals surface area contributed by atoms with Gasteiger partial charge in [-0.3, -0.25) is 0 Å². The van der Waals surface area contributed by atoms with Crippen LogP contribution in [0.3, 0.4) is 0 Å². The van der Waals surface area contributed by atoms with Crippen molar-refractivity contribution in [3.05, 3.63) is 12.2 Å². The van der Waals surface area contributed by atoms with Crippen LogP contribution in [0.4, 0.5) is 0 Å². The second-order valence-corrected chi connectivity index (χ2v) is 5.59. The standard InChI is InChI=1S/C12H20/c1-12(2,3)11-8-9-4-6-10(11)7-5-9/h4,6,9-11H,5,7-8H2,1-3H3. The Morgan fingerprint density at radius 1 is 1.08 bits per heavy atom. The SMILES string of the molecule is CC(C)(C)C1CC2C=CC1CC2. The van der Waals surface area contributed by atoms with Crippen LogP contribution in [-0.2, 0) is 0 Å². The zero-order valence-electron chi connectivity index (χ0n) is 8.51. The maximum atomic E-state index is 2.48. The predicted octanol–water partition coefficient (Wildman–Crippen LogP) is 3.63. The van der Waals surface area contributed by atoms with E-state index in [1.165, 1.54) is 19.3 Å². The summed E-state index contributed by atoms with van der Waals surface area (Å²) in [5.74, 6) is 2.76. The lowest BCUT2D eigenvalue weighted by atomic mass is 9.60. The van der Waals surface area contributed by atoms with E-state index in [4.69, 9.17) is 0 Å². The van der Waals surface area contributed by atoms with Crippen molar-refractivity contribution in [2.75, 3.05) is 0 Å². The van der Waals surface area contributed by atoms with Gasteiger partial charge in [-0.25, -0.2) is 0 Å². The number of fused-ring (bicyclic) bond motifs is 2. The van der Waals surface area contributed by atoms with Crippen molar-refractivity contribution in [2.45, 2.75) is 40.0 Å². The van der Waals surface area contributed by atoms with Crippen molar-refractivity contribution in [1.82, 2.24) is 0 Å². The Labute approximate surface area is 76.1 Å². The van der Waals surface area contributed by atoms with E-state index >= 15 is 0 Å². The van der Waals surface area contributed by atoms with E-state index < -0.39 is 0 Å². The first-order valence-corrected chi connectivity index (χ1v) is 5.26. The van der Waals surface area contributed by atoms with Gasteiger partial charge in [0.15, 0.2) is 0 Å². The summed E-state index contributed by atoms with van der Waals surface area (Å²) in [5.41, 5.74) is 0.522. The normalized spacial score (nSPS) is 40.4. The molecule has 0 spiro atoms. The third kappa shape index (κ3) is 1.32. The van der Waals surface area contributed by atoms with Crippen molar-refractivity contribution in [2.24, 2.45) is 23.2 Å². The van der Waals surface area contributed by atoms with Crippen molar-refractivity contribution in [1.29, 1.82) is 0 Å². The van der Waals surface area contributed by atoms with E-state index in [-0.39, 0.29) is 0 Å². The fourth-order valence-corrected chi connectivity index (χ4v) is 2.93. The van der Waals surface area contributed by atoms with E-state index in [1.807, 2.05) is 0 Å². The summed E-state index contributed by atoms with van der Waals surface area (Å²) >= 11 is 0. The lowest BCUT2D eigenvalue weighted by Gasteiger charge is -2.45. The van der Waals surface area contributed by atoms with E-state index in [2.05, 4.69) is 32.9 Å². The number of hydrogen-bond donors (Lipinski definition) is 0. The van der Waals surface area contributed by atoms with Gasteiger partial charge in [0.05, 0.1) is 0 Å². The zero-order valence-corrected chi connectivity index (χ0v) is 8.51. The summed E-state index contributed by atoms with van der Waals surface area (Å²) in [6.45, 7) is 7.19. The van der Waals surface area contributed by atoms with Crippen molar-refractivity contribution in [3.63, 3.8) is 0 Å². The van der Waals surface area contributed by atoms with Crippen LogP contribution >= 0.6 is 0 Å². The van der Waals surface area contributed by atoms with Crippen LogP contribution in [0.15, 0.2) is 12.2 Å². The molecule has 0 aromatic rings. The molecule has 0 heteroatoms. The Morgan fingerprint density at radius 3 is 2.08 bits per heavy atom. The molecule has 3 aliphatic rings. The molecule has 1 fully saturated rings. The Bertz CT molecular complexity index is 195. The first-order valence-electron chi connectivity index (χ1n) is 5.26. The van der Waals surface area contributed by atoms with Crippen molar-refractivity contribution < 1.29 is 0 Å². The van der Waals surface area contributed by atoms with Gasteiger partial charge in [-0.15, -0.1) is 0 Å². The number of rotatable bonds is 0. The van der Waals surface area contributed by atoms with Gasteiger partial charge in [-0.05, 0) is 42.4 Å². The van der Waals surface area contributed by atoms with Crippen molar-refractivity contribution in [3.8, 4) is 0 Å². The molecule has 0 amide bonds. The molecule has 0 heterocycles. The molecule has 0 aromatic carbocycles. The molecule has 0 saturated heterocycles. The number of hydrogen-bond acceptors (Lipinski definition) is 0. The Balaban J connectivity index is 2.16. The van der Waals surface area contributed by atoms with Crippen LogP contribution in [0.2, 0.25) is 0 Å². The molecule has 2 bridgehead atoms. The van der Waals surface area contributed by atoms with Gasteiger partial charge in [0.25, 0.3) is 0 Å². The maximum absolute atomic E-state index is 2.48. The molecule has 0 N–H and O–H groups in total. The third-order valence-corrected chi connectivity index (χ3v) is 3.69. The van der Waals surface area contributed by atoms with E-state index in [0.717, 1.165) is 17.8 Å². The first kappa shape index (κ1) is 8.34. The quantitative estimate of drug-likeness (QED) is 0.479. The molecule has 3 atom stereocenters. The summed E-state index contributed by atoms with van der Waals surface area (Å²) in [5, 5.41) is 0. The van der Waals surface area contributed by atoms with Crippen LogP contribution in [-0.4, -0.2) is 0 Å². The molecule has 0 radical (unpaired) electrons. The summed E-state index contributed by atoms with van der Waals surface area (Å²) < 4.78 is 0. The second-order valence-electron chi connectivity index (χ2n) is 5.59. The van der Waals surface area contributed by atoms with Crippen molar-refractivity contribution >= 4 is 0 Å². The largest absolute Gasteiger partial charge is 0.0851 e. The van der Waals surface area contributed by atoms with Crippen LogP contribution in [0.1, 0.15) is 40.0 Å². The molecule has 0 nitrogen and oxygen atoms in total. The van der Waals surface area contributed by atoms with Gasteiger partial charge < -0.3 is 0 Å². The van der Waals surface area contributed by atoms with Gasteiger partial charge in [-0.1, -0.05) is 32.9 Å². The van der Waals surface area contributed by atoms with E-state index in [0.29, 0.717) is 5.41 Å². The predicted molar refractivity (Wildman–Crippen MR) is 52.9 cm³/mol. The van der Waals surface area contributed by atoms with Gasteiger partial charge >= 0.3 is 0 Å². The second kappa shape index (κ2) is 2.61. The Hall–Kier alpha value is -0.260. The first-order chi connectivity index (χ1) is 5.57. The van der Waals surface area contributed by atoms with Crippen LogP contribution in [0, 0.1) is 23.2 Å². The molecule has 3 aliphatic carbocycles. The van der Waals surface area contributed by atoms with Gasteiger partial charge in [-0.2, -0.15) is 0 Å². The molecule has 12 heavy (non-hydrogen) atoms.